The average Bonchev–Trinajstić information content (AvgIpc) is 3.28. The van der Waals surface area contributed by atoms with Gasteiger partial charge in [-0.15, -0.1) is 0 Å². The summed E-state index contributed by atoms with van der Waals surface area (Å²) in [5.41, 5.74) is 0. The average molecular weight is 891 g/mol. The van der Waals surface area contributed by atoms with E-state index < -0.39 is 18.2 Å². The zero-order chi connectivity index (χ0) is 45.9. The van der Waals surface area contributed by atoms with E-state index in [1.54, 1.807) is 0 Å². The molecule has 0 radical (unpaired) electrons. The van der Waals surface area contributed by atoms with Crippen LogP contribution in [0.1, 0.15) is 316 Å². The number of rotatable bonds is 52. The van der Waals surface area contributed by atoms with Crippen LogP contribution in [0, 0.1) is 0 Å². The minimum Gasteiger partial charge on any atom is -0.462 e. The lowest BCUT2D eigenvalue weighted by Gasteiger charge is -2.24. The van der Waals surface area contributed by atoms with Gasteiger partial charge in [-0.3, -0.25) is 9.59 Å². The van der Waals surface area contributed by atoms with Gasteiger partial charge in [-0.1, -0.05) is 264 Å². The first-order valence-corrected chi connectivity index (χ1v) is 28.4. The SMILES string of the molecule is CCCCCCCCC/C=C\CCCCCC(=O)OC(CCCCCCCCCCCCCCCCC)CC(=O)NC(CO)C(O)CCCCCCCCCCCCCCCCC. The highest BCUT2D eigenvalue weighted by atomic mass is 16.5. The van der Waals surface area contributed by atoms with Crippen LogP contribution in [0.15, 0.2) is 12.2 Å². The van der Waals surface area contributed by atoms with Gasteiger partial charge in [0.1, 0.15) is 6.10 Å². The first-order valence-electron chi connectivity index (χ1n) is 28.4. The van der Waals surface area contributed by atoms with E-state index in [-0.39, 0.29) is 24.9 Å². The van der Waals surface area contributed by atoms with Gasteiger partial charge in [-0.25, -0.2) is 0 Å². The molecule has 0 aliphatic rings. The summed E-state index contributed by atoms with van der Waals surface area (Å²) in [6, 6.07) is -0.698. The number of hydrogen-bond acceptors (Lipinski definition) is 5. The smallest absolute Gasteiger partial charge is 0.306 e. The molecule has 63 heavy (non-hydrogen) atoms. The summed E-state index contributed by atoms with van der Waals surface area (Å²) in [5, 5.41) is 23.9. The minimum atomic E-state index is -0.785. The summed E-state index contributed by atoms with van der Waals surface area (Å²) in [6.45, 7) is 6.52. The van der Waals surface area contributed by atoms with Crippen molar-refractivity contribution in [1.82, 2.24) is 5.32 Å². The Hall–Kier alpha value is -1.40. The van der Waals surface area contributed by atoms with Crippen LogP contribution in [0.2, 0.25) is 0 Å². The number of amides is 1. The molecule has 0 aliphatic heterocycles. The van der Waals surface area contributed by atoms with Crippen LogP contribution >= 0.6 is 0 Å². The second-order valence-electron chi connectivity index (χ2n) is 19.7. The molecular weight excluding hydrogens is 779 g/mol. The van der Waals surface area contributed by atoms with E-state index in [4.69, 9.17) is 4.74 Å². The van der Waals surface area contributed by atoms with Crippen molar-refractivity contribution >= 4 is 11.9 Å². The molecule has 3 atom stereocenters. The molecule has 374 valence electrons. The standard InChI is InChI=1S/C57H111NO5/c1-4-7-10-13-16-19-22-25-28-30-33-36-39-42-45-48-53(63-57(62)50-47-44-41-38-35-32-27-24-21-18-15-12-9-6-3)51-56(61)58-54(52-59)55(60)49-46-43-40-37-34-31-29-26-23-20-17-14-11-8-5-2/h32,35,53-55,59-60H,4-31,33-34,36-52H2,1-3H3,(H,58,61)/b35-32-. The summed E-state index contributed by atoms with van der Waals surface area (Å²) < 4.78 is 5.95. The Morgan fingerprint density at radius 2 is 0.762 bits per heavy atom. The summed E-state index contributed by atoms with van der Waals surface area (Å²) in [7, 11) is 0. The first kappa shape index (κ1) is 61.6. The van der Waals surface area contributed by atoms with Gasteiger partial charge in [-0.05, 0) is 51.4 Å². The van der Waals surface area contributed by atoms with Gasteiger partial charge in [0.05, 0.1) is 25.2 Å². The van der Waals surface area contributed by atoms with Gasteiger partial charge in [0.2, 0.25) is 5.91 Å². The Balaban J connectivity index is 4.52. The molecule has 0 fully saturated rings. The summed E-state index contributed by atoms with van der Waals surface area (Å²) in [5.74, 6) is -0.471. The third-order valence-corrected chi connectivity index (χ3v) is 13.3. The Morgan fingerprint density at radius 1 is 0.444 bits per heavy atom. The Morgan fingerprint density at radius 3 is 1.13 bits per heavy atom. The highest BCUT2D eigenvalue weighted by molar-refractivity contribution is 5.77. The summed E-state index contributed by atoms with van der Waals surface area (Å²) in [6.07, 6.45) is 58.4. The Bertz CT molecular complexity index is 955. The number of allylic oxidation sites excluding steroid dienone is 2. The fraction of sp³-hybridized carbons (Fsp3) is 0.930. The van der Waals surface area contributed by atoms with Crippen molar-refractivity contribution in [1.29, 1.82) is 0 Å². The number of carbonyl (C=O) groups excluding carboxylic acids is 2. The van der Waals surface area contributed by atoms with Crippen molar-refractivity contribution < 1.29 is 24.5 Å². The second kappa shape index (κ2) is 51.6. The zero-order valence-corrected chi connectivity index (χ0v) is 42.7. The number of esters is 1. The topological polar surface area (TPSA) is 95.9 Å². The van der Waals surface area contributed by atoms with Crippen molar-refractivity contribution in [3.8, 4) is 0 Å². The highest BCUT2D eigenvalue weighted by Crippen LogP contribution is 2.19. The lowest BCUT2D eigenvalue weighted by Crippen LogP contribution is -2.46. The number of nitrogens with one attached hydrogen (secondary N) is 1. The number of carbonyl (C=O) groups is 2. The number of unbranched alkanes of at least 4 members (excludes halogenated alkanes) is 38. The molecule has 0 aromatic carbocycles. The van der Waals surface area contributed by atoms with E-state index in [1.165, 1.54) is 218 Å². The van der Waals surface area contributed by atoms with E-state index in [0.717, 1.165) is 51.4 Å². The van der Waals surface area contributed by atoms with Crippen LogP contribution < -0.4 is 5.32 Å². The van der Waals surface area contributed by atoms with Crippen LogP contribution in [0.3, 0.4) is 0 Å². The molecule has 0 bridgehead atoms. The van der Waals surface area contributed by atoms with Crippen molar-refractivity contribution in [3.63, 3.8) is 0 Å². The Kier molecular flexibility index (Phi) is 50.4. The maximum absolute atomic E-state index is 13.2. The second-order valence-corrected chi connectivity index (χ2v) is 19.7. The fourth-order valence-electron chi connectivity index (χ4n) is 9.02. The molecule has 0 saturated carbocycles. The van der Waals surface area contributed by atoms with E-state index in [0.29, 0.717) is 19.3 Å². The van der Waals surface area contributed by atoms with Crippen LogP contribution in [0.4, 0.5) is 0 Å². The quantitative estimate of drug-likeness (QED) is 0.0321. The lowest BCUT2D eigenvalue weighted by molar-refractivity contribution is -0.151. The largest absolute Gasteiger partial charge is 0.462 e. The first-order chi connectivity index (χ1) is 31.0. The van der Waals surface area contributed by atoms with Gasteiger partial charge < -0.3 is 20.3 Å². The van der Waals surface area contributed by atoms with Crippen LogP contribution in [0.25, 0.3) is 0 Å². The van der Waals surface area contributed by atoms with Crippen LogP contribution in [-0.2, 0) is 14.3 Å². The minimum absolute atomic E-state index is 0.0794. The van der Waals surface area contributed by atoms with Gasteiger partial charge in [0.15, 0.2) is 0 Å². The molecule has 0 aliphatic carbocycles. The van der Waals surface area contributed by atoms with Crippen LogP contribution in [-0.4, -0.2) is 46.9 Å². The molecule has 3 N–H and O–H groups in total. The summed E-state index contributed by atoms with van der Waals surface area (Å²) in [4.78, 5) is 26.2. The van der Waals surface area contributed by atoms with Gasteiger partial charge in [0.25, 0.3) is 0 Å². The van der Waals surface area contributed by atoms with Gasteiger partial charge >= 0.3 is 5.97 Å². The molecule has 0 aromatic heterocycles. The van der Waals surface area contributed by atoms with Gasteiger partial charge in [-0.2, -0.15) is 0 Å². The number of ether oxygens (including phenoxy) is 1. The molecule has 0 rings (SSSR count). The molecule has 1 amide bonds. The predicted molar refractivity (Wildman–Crippen MR) is 273 cm³/mol. The molecule has 0 saturated heterocycles. The number of aliphatic hydroxyl groups is 2. The molecule has 6 heteroatoms. The fourth-order valence-corrected chi connectivity index (χ4v) is 9.02. The highest BCUT2D eigenvalue weighted by Gasteiger charge is 2.24. The van der Waals surface area contributed by atoms with Crippen LogP contribution in [0.5, 0.6) is 0 Å². The van der Waals surface area contributed by atoms with Crippen molar-refractivity contribution in [2.75, 3.05) is 6.61 Å². The normalized spacial score (nSPS) is 13.2. The maximum Gasteiger partial charge on any atom is 0.306 e. The van der Waals surface area contributed by atoms with E-state index in [2.05, 4.69) is 38.2 Å². The maximum atomic E-state index is 13.2. The Labute approximate surface area is 393 Å². The number of hydrogen-bond donors (Lipinski definition) is 3. The number of aliphatic hydroxyl groups excluding tert-OH is 2. The van der Waals surface area contributed by atoms with E-state index in [1.807, 2.05) is 0 Å². The monoisotopic (exact) mass is 890 g/mol. The zero-order valence-electron chi connectivity index (χ0n) is 42.7. The van der Waals surface area contributed by atoms with E-state index >= 15 is 0 Å². The predicted octanol–water partition coefficient (Wildman–Crippen LogP) is 17.3. The lowest BCUT2D eigenvalue weighted by atomic mass is 10.0. The third-order valence-electron chi connectivity index (χ3n) is 13.3. The van der Waals surface area contributed by atoms with Crippen molar-refractivity contribution in [2.45, 2.75) is 334 Å². The molecule has 3 unspecified atom stereocenters. The van der Waals surface area contributed by atoms with E-state index in [9.17, 15) is 19.8 Å². The molecule has 0 spiro atoms. The summed E-state index contributed by atoms with van der Waals surface area (Å²) >= 11 is 0. The molecule has 0 aromatic rings. The molecule has 6 nitrogen and oxygen atoms in total. The van der Waals surface area contributed by atoms with Gasteiger partial charge in [0, 0.05) is 6.42 Å². The molecule has 0 heterocycles. The third kappa shape index (κ3) is 46.9. The van der Waals surface area contributed by atoms with Crippen molar-refractivity contribution in [2.24, 2.45) is 0 Å². The van der Waals surface area contributed by atoms with Crippen molar-refractivity contribution in [3.05, 3.63) is 12.2 Å². The molecular formula is C57H111NO5.